The average molecular weight is 409 g/mol. The second-order valence-corrected chi connectivity index (χ2v) is 7.23. The predicted molar refractivity (Wildman–Crippen MR) is 117 cm³/mol. The normalized spacial score (nSPS) is 11.7. The molecule has 3 aromatic carbocycles. The van der Waals surface area contributed by atoms with Crippen LogP contribution in [0.25, 0.3) is 11.1 Å². The number of carbonyl (C=O) groups is 2. The van der Waals surface area contributed by atoms with Gasteiger partial charge in [0.05, 0.1) is 18.6 Å². The van der Waals surface area contributed by atoms with Crippen molar-refractivity contribution in [2.45, 2.75) is 6.54 Å². The maximum absolute atomic E-state index is 12.9. The summed E-state index contributed by atoms with van der Waals surface area (Å²) in [7, 11) is 0. The zero-order valence-electron chi connectivity index (χ0n) is 16.6. The number of ether oxygens (including phenoxy) is 1. The molecule has 1 aliphatic rings. The maximum atomic E-state index is 12.9. The number of hydrogen-bond donors (Lipinski definition) is 1. The summed E-state index contributed by atoms with van der Waals surface area (Å²) >= 11 is 0. The van der Waals surface area contributed by atoms with Gasteiger partial charge >= 0.3 is 0 Å². The number of anilines is 1. The van der Waals surface area contributed by atoms with Crippen LogP contribution in [0, 0.1) is 0 Å². The molecule has 0 radical (unpaired) electrons. The first-order valence-electron chi connectivity index (χ1n) is 9.98. The Balaban J connectivity index is 1.33. The molecular formula is C25H19N3O3. The molecule has 6 heteroatoms. The van der Waals surface area contributed by atoms with Crippen LogP contribution in [0.1, 0.15) is 26.3 Å². The molecule has 1 amide bonds. The van der Waals surface area contributed by atoms with Gasteiger partial charge in [0, 0.05) is 29.1 Å². The molecule has 1 heterocycles. The third-order valence-corrected chi connectivity index (χ3v) is 5.29. The lowest BCUT2D eigenvalue weighted by molar-refractivity contribution is 0.102. The third-order valence-electron chi connectivity index (χ3n) is 5.29. The van der Waals surface area contributed by atoms with E-state index < -0.39 is 0 Å². The topological polar surface area (TPSA) is 73.2 Å². The lowest BCUT2D eigenvalue weighted by Gasteiger charge is -2.13. The van der Waals surface area contributed by atoms with Gasteiger partial charge in [0.25, 0.3) is 5.91 Å². The molecule has 0 saturated heterocycles. The van der Waals surface area contributed by atoms with Gasteiger partial charge in [-0.15, -0.1) is 0 Å². The van der Waals surface area contributed by atoms with Crippen LogP contribution < -0.4 is 10.1 Å². The molecule has 0 fully saturated rings. The summed E-state index contributed by atoms with van der Waals surface area (Å²) in [5, 5.41) is 2.90. The van der Waals surface area contributed by atoms with E-state index in [1.54, 1.807) is 30.7 Å². The van der Waals surface area contributed by atoms with Crippen molar-refractivity contribution in [2.75, 3.05) is 11.9 Å². The number of aromatic nitrogens is 2. The summed E-state index contributed by atoms with van der Waals surface area (Å²) in [5.74, 6) is 0.237. The number of ketones is 1. The Kier molecular flexibility index (Phi) is 4.80. The van der Waals surface area contributed by atoms with Gasteiger partial charge < -0.3 is 14.6 Å². The third kappa shape index (κ3) is 3.59. The van der Waals surface area contributed by atoms with E-state index in [1.807, 2.05) is 59.3 Å². The molecule has 6 nitrogen and oxygen atoms in total. The van der Waals surface area contributed by atoms with Crippen LogP contribution >= 0.6 is 0 Å². The summed E-state index contributed by atoms with van der Waals surface area (Å²) in [5.41, 5.74) is 4.00. The number of hydrogen-bond acceptors (Lipinski definition) is 4. The summed E-state index contributed by atoms with van der Waals surface area (Å²) in [4.78, 5) is 29.7. The quantitative estimate of drug-likeness (QED) is 0.450. The molecule has 5 rings (SSSR count). The van der Waals surface area contributed by atoms with Crippen LogP contribution in [0.4, 0.5) is 5.69 Å². The second-order valence-electron chi connectivity index (χ2n) is 7.23. The van der Waals surface area contributed by atoms with Crippen molar-refractivity contribution in [1.29, 1.82) is 0 Å². The lowest BCUT2D eigenvalue weighted by atomic mass is 10.0. The van der Waals surface area contributed by atoms with Crippen molar-refractivity contribution in [3.63, 3.8) is 0 Å². The number of nitrogens with one attached hydrogen (secondary N) is 1. The van der Waals surface area contributed by atoms with E-state index in [0.717, 1.165) is 11.1 Å². The number of fused-ring (bicyclic) bond motifs is 3. The number of benzene rings is 3. The van der Waals surface area contributed by atoms with E-state index in [4.69, 9.17) is 4.74 Å². The highest BCUT2D eigenvalue weighted by Crippen LogP contribution is 2.37. The van der Waals surface area contributed by atoms with Crippen LogP contribution in [0.3, 0.4) is 0 Å². The van der Waals surface area contributed by atoms with Crippen LogP contribution in [-0.2, 0) is 6.54 Å². The Bertz CT molecular complexity index is 1280. The summed E-state index contributed by atoms with van der Waals surface area (Å²) in [6.07, 6.45) is 5.31. The van der Waals surface area contributed by atoms with Gasteiger partial charge in [0.1, 0.15) is 12.4 Å². The highest BCUT2D eigenvalue weighted by atomic mass is 16.5. The van der Waals surface area contributed by atoms with Gasteiger partial charge in [-0.3, -0.25) is 9.59 Å². The molecule has 1 aliphatic carbocycles. The van der Waals surface area contributed by atoms with Gasteiger partial charge in [-0.2, -0.15) is 0 Å². The van der Waals surface area contributed by atoms with Gasteiger partial charge in [0.15, 0.2) is 5.78 Å². The summed E-state index contributed by atoms with van der Waals surface area (Å²) < 4.78 is 7.78. The first kappa shape index (κ1) is 18.8. The van der Waals surface area contributed by atoms with Crippen LogP contribution in [-0.4, -0.2) is 27.8 Å². The number of carbonyl (C=O) groups excluding carboxylic acids is 2. The highest BCUT2D eigenvalue weighted by molar-refractivity contribution is 6.22. The molecule has 0 spiro atoms. The lowest BCUT2D eigenvalue weighted by Crippen LogP contribution is -2.14. The number of imidazole rings is 1. The fraction of sp³-hybridized carbons (Fsp3) is 0.0800. The largest absolute Gasteiger partial charge is 0.490 e. The van der Waals surface area contributed by atoms with Crippen molar-refractivity contribution < 1.29 is 14.3 Å². The molecule has 0 aliphatic heterocycles. The summed E-state index contributed by atoms with van der Waals surface area (Å²) in [6.45, 7) is 1.09. The average Bonchev–Trinajstić information content (AvgIpc) is 3.42. The van der Waals surface area contributed by atoms with E-state index in [-0.39, 0.29) is 11.7 Å². The second kappa shape index (κ2) is 7.91. The minimum Gasteiger partial charge on any atom is -0.490 e. The monoisotopic (exact) mass is 409 g/mol. The minimum atomic E-state index is -0.294. The van der Waals surface area contributed by atoms with E-state index in [0.29, 0.717) is 41.3 Å². The van der Waals surface area contributed by atoms with Gasteiger partial charge in [-0.25, -0.2) is 4.98 Å². The van der Waals surface area contributed by atoms with Crippen molar-refractivity contribution in [3.05, 3.63) is 102 Å². The molecule has 152 valence electrons. The molecule has 1 aromatic heterocycles. The fourth-order valence-corrected chi connectivity index (χ4v) is 3.74. The van der Waals surface area contributed by atoms with Crippen molar-refractivity contribution in [3.8, 4) is 16.9 Å². The molecule has 1 N–H and O–H groups in total. The van der Waals surface area contributed by atoms with Gasteiger partial charge in [-0.1, -0.05) is 42.5 Å². The number of rotatable bonds is 6. The van der Waals surface area contributed by atoms with E-state index >= 15 is 0 Å². The molecule has 0 bridgehead atoms. The molecular weight excluding hydrogens is 390 g/mol. The zero-order valence-corrected chi connectivity index (χ0v) is 16.6. The molecule has 4 aromatic rings. The van der Waals surface area contributed by atoms with Crippen LogP contribution in [0.2, 0.25) is 0 Å². The minimum absolute atomic E-state index is 0.0523. The highest BCUT2D eigenvalue weighted by Gasteiger charge is 2.27. The molecule has 0 unspecified atom stereocenters. The van der Waals surface area contributed by atoms with E-state index in [9.17, 15) is 9.59 Å². The van der Waals surface area contributed by atoms with E-state index in [1.165, 1.54) is 0 Å². The first-order chi connectivity index (χ1) is 15.2. The van der Waals surface area contributed by atoms with Crippen molar-refractivity contribution in [1.82, 2.24) is 9.55 Å². The Labute approximate surface area is 179 Å². The standard InChI is InChI=1S/C25H19N3O3/c29-24-20-6-2-1-5-18(20)19-10-9-17(15-21(19)24)25(30)27-22-7-3-4-8-23(22)31-14-13-28-12-11-26-16-28/h1-12,15-16H,13-14H2,(H,27,30). The maximum Gasteiger partial charge on any atom is 0.255 e. The smallest absolute Gasteiger partial charge is 0.255 e. The fourth-order valence-electron chi connectivity index (χ4n) is 3.74. The number of amides is 1. The van der Waals surface area contributed by atoms with Crippen LogP contribution in [0.5, 0.6) is 5.75 Å². The summed E-state index contributed by atoms with van der Waals surface area (Å²) in [6, 6.07) is 20.0. The predicted octanol–water partition coefficient (Wildman–Crippen LogP) is 4.43. The zero-order chi connectivity index (χ0) is 21.2. The van der Waals surface area contributed by atoms with Crippen molar-refractivity contribution >= 4 is 17.4 Å². The molecule has 31 heavy (non-hydrogen) atoms. The number of para-hydroxylation sites is 2. The Morgan fingerprint density at radius 3 is 2.55 bits per heavy atom. The SMILES string of the molecule is O=C(Nc1ccccc1OCCn1ccnc1)c1ccc2c(c1)C(=O)c1ccccc1-2. The van der Waals surface area contributed by atoms with Gasteiger partial charge in [-0.05, 0) is 35.4 Å². The van der Waals surface area contributed by atoms with Gasteiger partial charge in [0.2, 0.25) is 0 Å². The number of nitrogens with zero attached hydrogens (tertiary/aromatic N) is 2. The Morgan fingerprint density at radius 2 is 1.71 bits per heavy atom. The molecule has 0 atom stereocenters. The van der Waals surface area contributed by atoms with Crippen molar-refractivity contribution in [2.24, 2.45) is 0 Å². The van der Waals surface area contributed by atoms with Crippen LogP contribution in [0.15, 0.2) is 85.5 Å². The van der Waals surface area contributed by atoms with E-state index in [2.05, 4.69) is 10.3 Å². The Hall–Kier alpha value is -4.19. The molecule has 0 saturated carbocycles. The first-order valence-corrected chi connectivity index (χ1v) is 9.98. The Morgan fingerprint density at radius 1 is 0.935 bits per heavy atom.